The molecular weight excluding hydrogens is 459 g/mol. The number of likely N-dealkylation sites (tertiary alicyclic amines) is 1. The average Bonchev–Trinajstić information content (AvgIpc) is 2.70. The molecule has 2 N–H and O–H groups in total. The maximum Gasteiger partial charge on any atom is 0.308 e. The summed E-state index contributed by atoms with van der Waals surface area (Å²) in [6.45, 7) is 4.83. The number of methoxy groups -OCH3 is 1. The first-order chi connectivity index (χ1) is 12.6. The minimum atomic E-state index is -0.127. The van der Waals surface area contributed by atoms with E-state index in [2.05, 4.69) is 15.5 Å². The summed E-state index contributed by atoms with van der Waals surface area (Å²) in [5.74, 6) is 0.578. The molecule has 7 nitrogen and oxygen atoms in total. The second-order valence-electron chi connectivity index (χ2n) is 6.23. The summed E-state index contributed by atoms with van der Waals surface area (Å²) in [5, 5.41) is 5.94. The van der Waals surface area contributed by atoms with Crippen molar-refractivity contribution in [2.75, 3.05) is 33.8 Å². The van der Waals surface area contributed by atoms with Crippen molar-refractivity contribution in [2.24, 2.45) is 10.9 Å². The molecular formula is C19H29IN4O3. The predicted octanol–water partition coefficient (Wildman–Crippen LogP) is 2.01. The van der Waals surface area contributed by atoms with Gasteiger partial charge < -0.3 is 20.3 Å². The number of benzene rings is 1. The van der Waals surface area contributed by atoms with Crippen LogP contribution in [0.1, 0.15) is 35.7 Å². The zero-order chi connectivity index (χ0) is 18.9. The van der Waals surface area contributed by atoms with Gasteiger partial charge in [-0.2, -0.15) is 0 Å². The Kier molecular flexibility index (Phi) is 10.1. The summed E-state index contributed by atoms with van der Waals surface area (Å²) in [4.78, 5) is 30.3. The van der Waals surface area contributed by atoms with Crippen molar-refractivity contribution >= 4 is 41.8 Å². The van der Waals surface area contributed by atoms with Crippen LogP contribution in [0.15, 0.2) is 29.3 Å². The molecule has 0 aliphatic carbocycles. The molecule has 0 saturated carbocycles. The van der Waals surface area contributed by atoms with E-state index in [4.69, 9.17) is 9.73 Å². The van der Waals surface area contributed by atoms with Crippen LogP contribution >= 0.6 is 24.0 Å². The van der Waals surface area contributed by atoms with E-state index < -0.39 is 0 Å². The van der Waals surface area contributed by atoms with E-state index in [0.29, 0.717) is 12.1 Å². The lowest BCUT2D eigenvalue weighted by Crippen LogP contribution is -2.46. The van der Waals surface area contributed by atoms with Crippen molar-refractivity contribution in [1.82, 2.24) is 15.5 Å². The van der Waals surface area contributed by atoms with Gasteiger partial charge in [0.2, 0.25) is 0 Å². The standard InChI is InChI=1S/C19H28N4O3.HI/c1-4-21-19(23-10-8-15(9-11-23)18(25)26-3)22-13-14-6-5-7-16(12-14)17(24)20-2;/h5-7,12,15H,4,8-11,13H2,1-3H3,(H,20,24)(H,21,22);1H. The summed E-state index contributed by atoms with van der Waals surface area (Å²) in [5.41, 5.74) is 1.61. The molecule has 1 saturated heterocycles. The molecule has 1 aliphatic heterocycles. The molecule has 1 heterocycles. The fourth-order valence-corrected chi connectivity index (χ4v) is 3.04. The van der Waals surface area contributed by atoms with Crippen molar-refractivity contribution in [3.63, 3.8) is 0 Å². The van der Waals surface area contributed by atoms with Crippen molar-refractivity contribution in [1.29, 1.82) is 0 Å². The van der Waals surface area contributed by atoms with E-state index in [1.807, 2.05) is 25.1 Å². The van der Waals surface area contributed by atoms with Crippen molar-refractivity contribution in [2.45, 2.75) is 26.3 Å². The third-order valence-electron chi connectivity index (χ3n) is 4.49. The lowest BCUT2D eigenvalue weighted by Gasteiger charge is -2.33. The van der Waals surface area contributed by atoms with Gasteiger partial charge in [-0.15, -0.1) is 24.0 Å². The fourth-order valence-electron chi connectivity index (χ4n) is 3.04. The van der Waals surface area contributed by atoms with Gasteiger partial charge in [0, 0.05) is 32.2 Å². The minimum absolute atomic E-state index is 0. The number of carbonyl (C=O) groups excluding carboxylic acids is 2. The highest BCUT2D eigenvalue weighted by Crippen LogP contribution is 2.18. The Hall–Kier alpha value is -1.84. The van der Waals surface area contributed by atoms with Gasteiger partial charge >= 0.3 is 5.97 Å². The molecule has 0 atom stereocenters. The van der Waals surface area contributed by atoms with Gasteiger partial charge in [0.1, 0.15) is 0 Å². The molecule has 1 aliphatic rings. The van der Waals surface area contributed by atoms with E-state index in [-0.39, 0.29) is 41.8 Å². The molecule has 8 heteroatoms. The normalized spacial score (nSPS) is 14.9. The van der Waals surface area contributed by atoms with Gasteiger partial charge in [0.05, 0.1) is 19.6 Å². The monoisotopic (exact) mass is 488 g/mol. The molecule has 0 radical (unpaired) electrons. The number of aliphatic imine (C=N–C) groups is 1. The van der Waals surface area contributed by atoms with Crippen LogP contribution < -0.4 is 10.6 Å². The van der Waals surface area contributed by atoms with E-state index in [9.17, 15) is 9.59 Å². The molecule has 1 amide bonds. The highest BCUT2D eigenvalue weighted by molar-refractivity contribution is 14.0. The Morgan fingerprint density at radius 1 is 1.30 bits per heavy atom. The van der Waals surface area contributed by atoms with E-state index >= 15 is 0 Å². The van der Waals surface area contributed by atoms with Crippen LogP contribution in [0.4, 0.5) is 0 Å². The number of rotatable bonds is 5. The van der Waals surface area contributed by atoms with E-state index in [1.165, 1.54) is 7.11 Å². The maximum atomic E-state index is 11.8. The van der Waals surface area contributed by atoms with E-state index in [1.54, 1.807) is 13.1 Å². The Balaban J connectivity index is 0.00000364. The van der Waals surface area contributed by atoms with Crippen LogP contribution in [-0.4, -0.2) is 56.5 Å². The van der Waals surface area contributed by atoms with Gasteiger partial charge in [-0.1, -0.05) is 12.1 Å². The number of piperidine rings is 1. The zero-order valence-corrected chi connectivity index (χ0v) is 18.5. The van der Waals surface area contributed by atoms with Crippen LogP contribution in [-0.2, 0) is 16.1 Å². The first-order valence-corrected chi connectivity index (χ1v) is 9.01. The van der Waals surface area contributed by atoms with E-state index in [0.717, 1.165) is 44.0 Å². The molecule has 0 unspecified atom stereocenters. The third kappa shape index (κ3) is 6.67. The first kappa shape index (κ1) is 23.2. The smallest absolute Gasteiger partial charge is 0.308 e. The van der Waals surface area contributed by atoms with Crippen molar-refractivity contribution in [3.05, 3.63) is 35.4 Å². The summed E-state index contributed by atoms with van der Waals surface area (Å²) in [7, 11) is 3.06. The molecule has 27 heavy (non-hydrogen) atoms. The number of halogens is 1. The van der Waals surface area contributed by atoms with Crippen molar-refractivity contribution < 1.29 is 14.3 Å². The van der Waals surface area contributed by atoms with Gasteiger partial charge in [-0.3, -0.25) is 9.59 Å². The van der Waals surface area contributed by atoms with Gasteiger partial charge in [-0.05, 0) is 37.5 Å². The largest absolute Gasteiger partial charge is 0.469 e. The number of hydrogen-bond donors (Lipinski definition) is 2. The molecule has 2 rings (SSSR count). The molecule has 1 aromatic carbocycles. The first-order valence-electron chi connectivity index (χ1n) is 9.01. The number of ether oxygens (including phenoxy) is 1. The Morgan fingerprint density at radius 2 is 2.00 bits per heavy atom. The Morgan fingerprint density at radius 3 is 2.59 bits per heavy atom. The number of hydrogen-bond acceptors (Lipinski definition) is 4. The van der Waals surface area contributed by atoms with Crippen LogP contribution in [0, 0.1) is 5.92 Å². The number of nitrogens with one attached hydrogen (secondary N) is 2. The SMILES string of the molecule is CCNC(=NCc1cccc(C(=O)NC)c1)N1CCC(C(=O)OC)CC1.I. The second kappa shape index (κ2) is 11.8. The number of esters is 1. The lowest BCUT2D eigenvalue weighted by atomic mass is 9.97. The number of carbonyl (C=O) groups is 2. The predicted molar refractivity (Wildman–Crippen MR) is 116 cm³/mol. The zero-order valence-electron chi connectivity index (χ0n) is 16.2. The second-order valence-corrected chi connectivity index (χ2v) is 6.23. The summed E-state index contributed by atoms with van der Waals surface area (Å²) >= 11 is 0. The quantitative estimate of drug-likeness (QED) is 0.287. The molecule has 150 valence electrons. The minimum Gasteiger partial charge on any atom is -0.469 e. The number of guanidine groups is 1. The summed E-state index contributed by atoms with van der Waals surface area (Å²) in [6, 6.07) is 7.47. The van der Waals surface area contributed by atoms with Gasteiger partial charge in [-0.25, -0.2) is 4.99 Å². The molecule has 0 bridgehead atoms. The molecule has 0 spiro atoms. The van der Waals surface area contributed by atoms with Crippen LogP contribution in [0.5, 0.6) is 0 Å². The number of nitrogens with zero attached hydrogens (tertiary/aromatic N) is 2. The lowest BCUT2D eigenvalue weighted by molar-refractivity contribution is -0.146. The summed E-state index contributed by atoms with van der Waals surface area (Å²) in [6.07, 6.45) is 1.53. The topological polar surface area (TPSA) is 83.0 Å². The fraction of sp³-hybridized carbons (Fsp3) is 0.526. The Labute approximate surface area is 178 Å². The maximum absolute atomic E-state index is 11.8. The molecule has 1 fully saturated rings. The number of amides is 1. The van der Waals surface area contributed by atoms with Crippen LogP contribution in [0.3, 0.4) is 0 Å². The molecule has 1 aromatic rings. The third-order valence-corrected chi connectivity index (χ3v) is 4.49. The van der Waals surface area contributed by atoms with Crippen LogP contribution in [0.25, 0.3) is 0 Å². The van der Waals surface area contributed by atoms with Gasteiger partial charge in [0.15, 0.2) is 5.96 Å². The van der Waals surface area contributed by atoms with Crippen molar-refractivity contribution in [3.8, 4) is 0 Å². The average molecular weight is 488 g/mol. The highest BCUT2D eigenvalue weighted by Gasteiger charge is 2.26. The highest BCUT2D eigenvalue weighted by atomic mass is 127. The Bertz CT molecular complexity index is 658. The molecule has 0 aromatic heterocycles. The summed E-state index contributed by atoms with van der Waals surface area (Å²) < 4.78 is 4.84. The van der Waals surface area contributed by atoms with Gasteiger partial charge in [0.25, 0.3) is 5.91 Å². The van der Waals surface area contributed by atoms with Crippen LogP contribution in [0.2, 0.25) is 0 Å².